The van der Waals surface area contributed by atoms with Crippen LogP contribution in [0.3, 0.4) is 0 Å². The first-order valence-corrected chi connectivity index (χ1v) is 6.20. The van der Waals surface area contributed by atoms with E-state index < -0.39 is 5.09 Å². The Morgan fingerprint density at radius 3 is 2.32 bits per heavy atom. The minimum atomic E-state index is -1.75. The molecule has 8 nitrogen and oxygen atoms in total. The Morgan fingerprint density at radius 2 is 1.73 bits per heavy atom. The van der Waals surface area contributed by atoms with Gasteiger partial charge in [-0.3, -0.25) is 11.5 Å². The third-order valence-corrected chi connectivity index (χ3v) is 2.37. The van der Waals surface area contributed by atoms with Gasteiger partial charge in [-0.1, -0.05) is 36.4 Å². The second kappa shape index (κ2) is 8.80. The van der Waals surface area contributed by atoms with Crippen LogP contribution < -0.4 is 21.2 Å². The predicted molar refractivity (Wildman–Crippen MR) is 81.6 cm³/mol. The summed E-state index contributed by atoms with van der Waals surface area (Å²) < 4.78 is 5.68. The molecule has 0 saturated heterocycles. The molecule has 2 aromatic carbocycles. The molecule has 0 aromatic heterocycles. The topological polar surface area (TPSA) is 141 Å². The molecule has 0 aliphatic rings. The number of benzene rings is 2. The van der Waals surface area contributed by atoms with Crippen LogP contribution >= 0.6 is 0 Å². The van der Waals surface area contributed by atoms with E-state index in [9.17, 15) is 0 Å². The van der Waals surface area contributed by atoms with Crippen LogP contribution in [0.15, 0.2) is 54.6 Å². The summed E-state index contributed by atoms with van der Waals surface area (Å²) in [7, 11) is 0. The summed E-state index contributed by atoms with van der Waals surface area (Å²) in [4.78, 5) is 11.1. The number of ether oxygens (including phenoxy) is 1. The summed E-state index contributed by atoms with van der Waals surface area (Å²) in [6.07, 6.45) is 0. The van der Waals surface area contributed by atoms with Crippen molar-refractivity contribution in [1.29, 1.82) is 0 Å². The lowest BCUT2D eigenvalue weighted by atomic mass is 10.2. The van der Waals surface area contributed by atoms with Crippen molar-refractivity contribution >= 4 is 11.6 Å². The lowest BCUT2D eigenvalue weighted by Crippen LogP contribution is -2.72. The molecule has 0 atom stereocenters. The van der Waals surface area contributed by atoms with Crippen molar-refractivity contribution in [3.8, 4) is 5.75 Å². The van der Waals surface area contributed by atoms with E-state index >= 15 is 0 Å². The van der Waals surface area contributed by atoms with Gasteiger partial charge in [0.2, 0.25) is 0 Å². The highest BCUT2D eigenvalue weighted by Gasteiger charge is 1.98. The van der Waals surface area contributed by atoms with Crippen LogP contribution in [0.1, 0.15) is 5.56 Å². The number of nitrogens with zero attached hydrogens (tertiary/aromatic N) is 1. The van der Waals surface area contributed by atoms with Gasteiger partial charge in [0.05, 0.1) is 5.09 Å². The van der Waals surface area contributed by atoms with Gasteiger partial charge in [0.25, 0.3) is 0 Å². The molecule has 2 aromatic rings. The van der Waals surface area contributed by atoms with Gasteiger partial charge in [-0.05, 0) is 17.7 Å². The van der Waals surface area contributed by atoms with Crippen molar-refractivity contribution < 1.29 is 14.8 Å². The van der Waals surface area contributed by atoms with Crippen molar-refractivity contribution in [3.05, 3.63) is 75.5 Å². The van der Waals surface area contributed by atoms with Crippen LogP contribution in [0.5, 0.6) is 5.75 Å². The minimum Gasteiger partial charge on any atom is -0.489 e. The van der Waals surface area contributed by atoms with E-state index in [0.29, 0.717) is 6.61 Å². The molecule has 0 radical (unpaired) electrons. The first-order chi connectivity index (χ1) is 10.5. The van der Waals surface area contributed by atoms with Crippen molar-refractivity contribution in [2.45, 2.75) is 6.61 Å². The molecular weight excluding hydrogens is 288 g/mol. The van der Waals surface area contributed by atoms with E-state index in [4.69, 9.17) is 31.5 Å². The molecule has 22 heavy (non-hydrogen) atoms. The van der Waals surface area contributed by atoms with Gasteiger partial charge in [0.1, 0.15) is 18.0 Å². The summed E-state index contributed by atoms with van der Waals surface area (Å²) >= 11 is 0. The third kappa shape index (κ3) is 7.34. The summed E-state index contributed by atoms with van der Waals surface area (Å²) in [5.74, 6) is 0.931. The quantitative estimate of drug-likeness (QED) is 0.314. The fourth-order valence-corrected chi connectivity index (χ4v) is 1.57. The van der Waals surface area contributed by atoms with E-state index in [1.165, 1.54) is 0 Å². The van der Waals surface area contributed by atoms with Gasteiger partial charge in [-0.15, -0.1) is 0 Å². The van der Waals surface area contributed by atoms with Crippen LogP contribution in [0.2, 0.25) is 0 Å². The highest BCUT2D eigenvalue weighted by Crippen LogP contribution is 2.15. The normalized spacial score (nSPS) is 9.09. The van der Waals surface area contributed by atoms with E-state index in [0.717, 1.165) is 17.0 Å². The molecule has 8 heteroatoms. The van der Waals surface area contributed by atoms with E-state index in [-0.39, 0.29) is 5.96 Å². The maximum absolute atomic E-state index is 8.25. The number of hydrogen-bond acceptors (Lipinski definition) is 4. The smallest absolute Gasteiger partial charge is 0.343 e. The zero-order valence-electron chi connectivity index (χ0n) is 11.6. The summed E-state index contributed by atoms with van der Waals surface area (Å²) in [6, 6.07) is 17.5. The van der Waals surface area contributed by atoms with Crippen molar-refractivity contribution in [3.63, 3.8) is 0 Å². The van der Waals surface area contributed by atoms with E-state index in [2.05, 4.69) is 4.99 Å². The van der Waals surface area contributed by atoms with Gasteiger partial charge in [0.15, 0.2) is 0 Å². The predicted octanol–water partition coefficient (Wildman–Crippen LogP) is 0.0120. The maximum Gasteiger partial charge on any atom is 0.343 e. The average molecular weight is 304 g/mol. The molecule has 5 N–H and O–H groups in total. The lowest BCUT2D eigenvalue weighted by molar-refractivity contribution is -0.402. The molecule has 0 aliphatic heterocycles. The molecule has 0 unspecified atom stereocenters. The largest absolute Gasteiger partial charge is 0.489 e. The molecule has 2 rings (SSSR count). The van der Waals surface area contributed by atoms with Crippen molar-refractivity contribution in [2.75, 3.05) is 0 Å². The van der Waals surface area contributed by atoms with Gasteiger partial charge in [-0.25, -0.2) is 4.99 Å². The number of nitrogens with one attached hydrogen (secondary N) is 1. The van der Waals surface area contributed by atoms with Crippen molar-refractivity contribution in [2.24, 2.45) is 11.5 Å². The zero-order chi connectivity index (χ0) is 16.4. The third-order valence-electron chi connectivity index (χ3n) is 2.37. The molecule has 0 spiro atoms. The SMILES string of the molecule is NC(N)=[NH+]c1cccc(OCc2ccccc2)c1.O=[N+]([O-])[O-]. The molecule has 0 fully saturated rings. The summed E-state index contributed by atoms with van der Waals surface area (Å²) in [6.45, 7) is 0.534. The van der Waals surface area contributed by atoms with Gasteiger partial charge in [-0.2, -0.15) is 0 Å². The Balaban J connectivity index is 0.000000541. The van der Waals surface area contributed by atoms with Crippen LogP contribution in [0.25, 0.3) is 0 Å². The van der Waals surface area contributed by atoms with E-state index in [1.54, 1.807) is 0 Å². The van der Waals surface area contributed by atoms with Gasteiger partial charge < -0.3 is 20.1 Å². The van der Waals surface area contributed by atoms with Crippen LogP contribution in [0.4, 0.5) is 5.69 Å². The average Bonchev–Trinajstić information content (AvgIpc) is 2.45. The molecule has 0 bridgehead atoms. The Hall–Kier alpha value is -3.29. The second-order valence-electron chi connectivity index (χ2n) is 4.11. The Morgan fingerprint density at radius 1 is 1.09 bits per heavy atom. The van der Waals surface area contributed by atoms with Crippen LogP contribution in [-0.4, -0.2) is 11.0 Å². The molecule has 0 aliphatic carbocycles. The first-order valence-electron chi connectivity index (χ1n) is 6.20. The fraction of sp³-hybridized carbons (Fsp3) is 0.0714. The van der Waals surface area contributed by atoms with Crippen molar-refractivity contribution in [1.82, 2.24) is 0 Å². The molecule has 0 saturated carbocycles. The molecule has 0 heterocycles. The summed E-state index contributed by atoms with van der Waals surface area (Å²) in [5.41, 5.74) is 12.7. The van der Waals surface area contributed by atoms with Crippen LogP contribution in [0, 0.1) is 15.3 Å². The second-order valence-corrected chi connectivity index (χ2v) is 4.11. The molecule has 0 amide bonds. The van der Waals surface area contributed by atoms with Crippen LogP contribution in [-0.2, 0) is 6.61 Å². The summed E-state index contributed by atoms with van der Waals surface area (Å²) in [5, 5.41) is 14.8. The van der Waals surface area contributed by atoms with E-state index in [1.807, 2.05) is 54.6 Å². The molecular formula is C14H16N4O4. The number of rotatable bonds is 4. The van der Waals surface area contributed by atoms with Gasteiger partial charge in [0, 0.05) is 6.07 Å². The highest BCUT2D eigenvalue weighted by atomic mass is 16.9. The highest BCUT2D eigenvalue weighted by molar-refractivity contribution is 5.70. The minimum absolute atomic E-state index is 0.162. The Labute approximate surface area is 126 Å². The Bertz CT molecular complexity index is 624. The number of hydrogen-bond donors (Lipinski definition) is 3. The maximum atomic E-state index is 8.25. The monoisotopic (exact) mass is 304 g/mol. The zero-order valence-corrected chi connectivity index (χ0v) is 11.6. The fourth-order valence-electron chi connectivity index (χ4n) is 1.57. The Kier molecular flexibility index (Phi) is 6.70. The van der Waals surface area contributed by atoms with Gasteiger partial charge >= 0.3 is 5.96 Å². The lowest BCUT2D eigenvalue weighted by Gasteiger charge is -2.06. The first kappa shape index (κ1) is 16.8. The molecule has 116 valence electrons. The number of nitrogens with two attached hydrogens (primary N) is 2. The standard InChI is InChI=1S/C14H15N3O.NO3/c15-14(16)17-12-7-4-8-13(9-12)18-10-11-5-2-1-3-6-11;2-1(3)4/h1-9H,10H2,(H4,15,16,17);/q;-1/p+1. The number of guanidine groups is 1.